The summed E-state index contributed by atoms with van der Waals surface area (Å²) in [5.74, 6) is -0.314. The topological polar surface area (TPSA) is 114 Å². The van der Waals surface area contributed by atoms with Crippen LogP contribution in [-0.4, -0.2) is 50.3 Å². The summed E-state index contributed by atoms with van der Waals surface area (Å²) in [5.41, 5.74) is 4.77. The third-order valence-electron chi connectivity index (χ3n) is 5.39. The number of hydrogen-bond acceptors (Lipinski definition) is 6. The van der Waals surface area contributed by atoms with Crippen LogP contribution < -0.4 is 20.3 Å². The van der Waals surface area contributed by atoms with Gasteiger partial charge in [-0.05, 0) is 49.2 Å². The number of rotatable bonds is 4. The van der Waals surface area contributed by atoms with Crippen LogP contribution in [-0.2, 0) is 19.6 Å². The quantitative estimate of drug-likeness (QED) is 0.645. The number of ether oxygens (including phenoxy) is 2. The number of amides is 2. The molecule has 0 spiro atoms. The number of hydrazine groups is 1. The lowest BCUT2D eigenvalue weighted by molar-refractivity contribution is -0.136. The van der Waals surface area contributed by atoms with Gasteiger partial charge in [-0.2, -0.15) is 4.31 Å². The summed E-state index contributed by atoms with van der Waals surface area (Å²) in [7, 11) is -3.65. The lowest BCUT2D eigenvalue weighted by atomic mass is 9.98. The Balaban J connectivity index is 1.26. The van der Waals surface area contributed by atoms with E-state index in [2.05, 4.69) is 10.9 Å². The van der Waals surface area contributed by atoms with E-state index >= 15 is 0 Å². The number of piperidine rings is 1. The molecule has 2 aliphatic rings. The van der Waals surface area contributed by atoms with Gasteiger partial charge in [0.1, 0.15) is 6.61 Å². The molecule has 0 aromatic heterocycles. The van der Waals surface area contributed by atoms with Crippen molar-refractivity contribution in [2.24, 2.45) is 5.92 Å². The van der Waals surface area contributed by atoms with E-state index in [9.17, 15) is 18.0 Å². The highest BCUT2D eigenvalue weighted by Gasteiger charge is 2.33. The molecular formula is C21H22ClN3O6S. The molecule has 1 saturated heterocycles. The van der Waals surface area contributed by atoms with Crippen molar-refractivity contribution in [3.05, 3.63) is 53.6 Å². The molecule has 1 atom stereocenters. The van der Waals surface area contributed by atoms with Crippen molar-refractivity contribution >= 4 is 33.4 Å². The fourth-order valence-electron chi connectivity index (χ4n) is 3.57. The summed E-state index contributed by atoms with van der Waals surface area (Å²) in [6.07, 6.45) is -0.216. The monoisotopic (exact) mass is 479 g/mol. The fourth-order valence-corrected chi connectivity index (χ4v) is 5.16. The molecule has 4 rings (SSSR count). The molecule has 0 radical (unpaired) electrons. The van der Waals surface area contributed by atoms with Crippen LogP contribution in [0.25, 0.3) is 0 Å². The number of sulfonamides is 1. The van der Waals surface area contributed by atoms with Crippen molar-refractivity contribution in [1.82, 2.24) is 15.2 Å². The first kappa shape index (κ1) is 22.4. The maximum absolute atomic E-state index is 12.8. The third kappa shape index (κ3) is 4.82. The van der Waals surface area contributed by atoms with E-state index < -0.39 is 28.0 Å². The number of carbonyl (C=O) groups is 2. The minimum Gasteiger partial charge on any atom is -0.485 e. The molecule has 2 aliphatic heterocycles. The largest absolute Gasteiger partial charge is 0.485 e. The van der Waals surface area contributed by atoms with E-state index in [0.717, 1.165) is 0 Å². The molecule has 1 fully saturated rings. The standard InChI is InChI=1S/C21H22ClN3O6S/c22-15-5-7-16(8-6-15)32(28,29)25-11-9-14(10-12-25)20(26)23-24-21(27)19-13-30-17-3-1-2-4-18(17)31-19/h1-8,14,19H,9-13H2,(H,23,26)(H,24,27). The predicted molar refractivity (Wildman–Crippen MR) is 116 cm³/mol. The minimum absolute atomic E-state index is 0.0274. The van der Waals surface area contributed by atoms with Gasteiger partial charge >= 0.3 is 0 Å². The minimum atomic E-state index is -3.65. The number of fused-ring (bicyclic) bond motifs is 1. The second kappa shape index (κ2) is 9.35. The molecule has 2 aromatic rings. The Morgan fingerprint density at radius 1 is 0.938 bits per heavy atom. The van der Waals surface area contributed by atoms with Gasteiger partial charge in [-0.1, -0.05) is 23.7 Å². The zero-order chi connectivity index (χ0) is 22.7. The number of halogens is 1. The molecule has 9 nitrogen and oxygen atoms in total. The van der Waals surface area contributed by atoms with Crippen molar-refractivity contribution in [2.45, 2.75) is 23.8 Å². The van der Waals surface area contributed by atoms with Crippen LogP contribution in [0, 0.1) is 5.92 Å². The molecule has 2 amide bonds. The van der Waals surface area contributed by atoms with Crippen molar-refractivity contribution in [1.29, 1.82) is 0 Å². The van der Waals surface area contributed by atoms with Crippen LogP contribution in [0.3, 0.4) is 0 Å². The Kier molecular flexibility index (Phi) is 6.54. The van der Waals surface area contributed by atoms with Crippen LogP contribution in [0.4, 0.5) is 0 Å². The van der Waals surface area contributed by atoms with Crippen LogP contribution in [0.5, 0.6) is 11.5 Å². The second-order valence-corrected chi connectivity index (χ2v) is 9.85. The summed E-state index contributed by atoms with van der Waals surface area (Å²) in [6, 6.07) is 13.0. The molecule has 2 aromatic carbocycles. The predicted octanol–water partition coefficient (Wildman–Crippen LogP) is 1.73. The van der Waals surface area contributed by atoms with Gasteiger partial charge in [0.25, 0.3) is 5.91 Å². The lowest BCUT2D eigenvalue weighted by Gasteiger charge is -2.30. The summed E-state index contributed by atoms with van der Waals surface area (Å²) in [5, 5.41) is 0.454. The van der Waals surface area contributed by atoms with E-state index in [1.807, 2.05) is 0 Å². The molecule has 2 heterocycles. The Bertz CT molecular complexity index is 1100. The van der Waals surface area contributed by atoms with Crippen molar-refractivity contribution in [3.8, 4) is 11.5 Å². The smallest absolute Gasteiger partial charge is 0.283 e. The Morgan fingerprint density at radius 3 is 2.25 bits per heavy atom. The number of nitrogens with zero attached hydrogens (tertiary/aromatic N) is 1. The van der Waals surface area contributed by atoms with Gasteiger partial charge in [0.05, 0.1) is 4.90 Å². The zero-order valence-corrected chi connectivity index (χ0v) is 18.6. The maximum atomic E-state index is 12.8. The number of para-hydroxylation sites is 2. The van der Waals surface area contributed by atoms with E-state index in [4.69, 9.17) is 21.1 Å². The average Bonchev–Trinajstić information content (AvgIpc) is 2.82. The Labute approximate surface area is 190 Å². The Hall–Kier alpha value is -2.82. The summed E-state index contributed by atoms with van der Waals surface area (Å²) in [4.78, 5) is 25.0. The van der Waals surface area contributed by atoms with Gasteiger partial charge in [-0.25, -0.2) is 8.42 Å². The van der Waals surface area contributed by atoms with Gasteiger partial charge < -0.3 is 9.47 Å². The molecule has 1 unspecified atom stereocenters. The number of benzene rings is 2. The van der Waals surface area contributed by atoms with Gasteiger partial charge in [0.2, 0.25) is 22.0 Å². The molecular weight excluding hydrogens is 458 g/mol. The van der Waals surface area contributed by atoms with Gasteiger partial charge in [0, 0.05) is 24.0 Å². The highest BCUT2D eigenvalue weighted by Crippen LogP contribution is 2.31. The van der Waals surface area contributed by atoms with Gasteiger partial charge in [-0.15, -0.1) is 0 Å². The van der Waals surface area contributed by atoms with E-state index in [0.29, 0.717) is 29.4 Å². The van der Waals surface area contributed by atoms with Crippen molar-refractivity contribution in [2.75, 3.05) is 19.7 Å². The van der Waals surface area contributed by atoms with Crippen molar-refractivity contribution in [3.63, 3.8) is 0 Å². The zero-order valence-electron chi connectivity index (χ0n) is 17.0. The summed E-state index contributed by atoms with van der Waals surface area (Å²) < 4.78 is 38.0. The second-order valence-electron chi connectivity index (χ2n) is 7.48. The van der Waals surface area contributed by atoms with E-state index in [1.54, 1.807) is 24.3 Å². The average molecular weight is 480 g/mol. The van der Waals surface area contributed by atoms with Gasteiger partial charge in [-0.3, -0.25) is 20.4 Å². The third-order valence-corrected chi connectivity index (χ3v) is 7.55. The summed E-state index contributed by atoms with van der Waals surface area (Å²) in [6.45, 7) is 0.431. The summed E-state index contributed by atoms with van der Waals surface area (Å²) >= 11 is 5.83. The molecule has 11 heteroatoms. The van der Waals surface area contributed by atoms with Crippen LogP contribution >= 0.6 is 11.6 Å². The van der Waals surface area contributed by atoms with Gasteiger partial charge in [0.15, 0.2) is 11.5 Å². The maximum Gasteiger partial charge on any atom is 0.283 e. The highest BCUT2D eigenvalue weighted by atomic mass is 35.5. The van der Waals surface area contributed by atoms with Crippen LogP contribution in [0.1, 0.15) is 12.8 Å². The Morgan fingerprint density at radius 2 is 1.56 bits per heavy atom. The molecule has 2 N–H and O–H groups in total. The molecule has 0 saturated carbocycles. The first-order valence-electron chi connectivity index (χ1n) is 10.1. The molecule has 0 bridgehead atoms. The first-order valence-corrected chi connectivity index (χ1v) is 11.9. The van der Waals surface area contributed by atoms with E-state index in [-0.39, 0.29) is 30.5 Å². The molecule has 32 heavy (non-hydrogen) atoms. The first-order chi connectivity index (χ1) is 15.3. The number of hydrogen-bond donors (Lipinski definition) is 2. The number of nitrogens with one attached hydrogen (secondary N) is 2. The number of carbonyl (C=O) groups excluding carboxylic acids is 2. The normalized spacial score (nSPS) is 19.2. The molecule has 0 aliphatic carbocycles. The molecule has 170 valence electrons. The fraction of sp³-hybridized carbons (Fsp3) is 0.333. The van der Waals surface area contributed by atoms with Crippen LogP contribution in [0.2, 0.25) is 5.02 Å². The van der Waals surface area contributed by atoms with E-state index in [1.165, 1.54) is 28.6 Å². The van der Waals surface area contributed by atoms with Crippen LogP contribution in [0.15, 0.2) is 53.4 Å². The SMILES string of the molecule is O=C(NNC(=O)C1COc2ccccc2O1)C1CCN(S(=O)(=O)c2ccc(Cl)cc2)CC1. The lowest BCUT2D eigenvalue weighted by Crippen LogP contribution is -2.53. The highest BCUT2D eigenvalue weighted by molar-refractivity contribution is 7.89. The van der Waals surface area contributed by atoms with Crippen molar-refractivity contribution < 1.29 is 27.5 Å².